The number of nitrogens with one attached hydrogen (secondary N) is 2. The summed E-state index contributed by atoms with van der Waals surface area (Å²) in [6, 6.07) is 7.66. The summed E-state index contributed by atoms with van der Waals surface area (Å²) in [6.45, 7) is 3.85. The molecule has 1 heterocycles. The number of benzene rings is 1. The van der Waals surface area contributed by atoms with E-state index in [0.29, 0.717) is 17.0 Å². The molecule has 0 bridgehead atoms. The van der Waals surface area contributed by atoms with Crippen molar-refractivity contribution in [1.29, 1.82) is 0 Å². The number of anilines is 1. The fourth-order valence-electron chi connectivity index (χ4n) is 2.26. The van der Waals surface area contributed by atoms with E-state index in [2.05, 4.69) is 10.6 Å². The lowest BCUT2D eigenvalue weighted by atomic mass is 10.1. The van der Waals surface area contributed by atoms with Crippen molar-refractivity contribution in [2.24, 2.45) is 0 Å². The van der Waals surface area contributed by atoms with Gasteiger partial charge in [0.15, 0.2) is 0 Å². The molecule has 25 heavy (non-hydrogen) atoms. The van der Waals surface area contributed by atoms with Gasteiger partial charge in [-0.05, 0) is 55.9 Å². The molecule has 0 aliphatic rings. The molecule has 2 N–H and O–H groups in total. The van der Waals surface area contributed by atoms with Crippen molar-refractivity contribution in [3.05, 3.63) is 45.3 Å². The fourth-order valence-corrected chi connectivity index (χ4v) is 4.31. The lowest BCUT2D eigenvalue weighted by molar-refractivity contribution is -0.116. The summed E-state index contributed by atoms with van der Waals surface area (Å²) >= 11 is 9.00. The minimum atomic E-state index is -0.171. The lowest BCUT2D eigenvalue weighted by Gasteiger charge is -2.07. The number of carbonyl (C=O) groups excluding carboxylic acids is 2. The second-order valence-electron chi connectivity index (χ2n) is 5.52. The van der Waals surface area contributed by atoms with Gasteiger partial charge < -0.3 is 10.6 Å². The quantitative estimate of drug-likeness (QED) is 0.517. The van der Waals surface area contributed by atoms with E-state index in [4.69, 9.17) is 11.6 Å². The maximum atomic E-state index is 12.2. The molecule has 1 aromatic carbocycles. The Morgan fingerprint density at radius 2 is 1.88 bits per heavy atom. The van der Waals surface area contributed by atoms with Crippen LogP contribution in [0.3, 0.4) is 0 Å². The molecule has 0 spiro atoms. The fraction of sp³-hybridized carbons (Fsp3) is 0.333. The van der Waals surface area contributed by atoms with Gasteiger partial charge in [-0.3, -0.25) is 9.59 Å². The number of thioether (sulfide) groups is 1. The summed E-state index contributed by atoms with van der Waals surface area (Å²) in [5.41, 5.74) is 1.48. The first-order valence-corrected chi connectivity index (χ1v) is 10.1. The molecule has 1 aromatic heterocycles. The molecular formula is C18H21ClN2O2S2. The minimum Gasteiger partial charge on any atom is -0.355 e. The molecule has 134 valence electrons. The number of carbonyl (C=O) groups is 2. The molecule has 0 aliphatic heterocycles. The van der Waals surface area contributed by atoms with Crippen LogP contribution in [0.5, 0.6) is 0 Å². The van der Waals surface area contributed by atoms with E-state index in [1.807, 2.05) is 38.1 Å². The summed E-state index contributed by atoms with van der Waals surface area (Å²) < 4.78 is 0. The van der Waals surface area contributed by atoms with Crippen LogP contribution < -0.4 is 10.6 Å². The Bertz CT molecular complexity index is 757. The summed E-state index contributed by atoms with van der Waals surface area (Å²) in [6.07, 6.45) is 1.18. The van der Waals surface area contributed by atoms with Gasteiger partial charge in [-0.15, -0.1) is 23.1 Å². The van der Waals surface area contributed by atoms with Crippen LogP contribution >= 0.6 is 34.7 Å². The standard InChI is InChI=1S/C18H21ClN2O2S2/c1-11-12(2)25-18(16(11)17(23)20-3)21-15(22)5-4-10-24-14-8-6-13(19)7-9-14/h6-9H,4-5,10H2,1-3H3,(H,20,23)(H,21,22). The first-order valence-electron chi connectivity index (χ1n) is 7.92. The molecule has 0 fully saturated rings. The first kappa shape index (κ1) is 19.8. The van der Waals surface area contributed by atoms with Crippen LogP contribution in [0.2, 0.25) is 5.02 Å². The van der Waals surface area contributed by atoms with Crippen molar-refractivity contribution in [3.8, 4) is 0 Å². The van der Waals surface area contributed by atoms with E-state index in [-0.39, 0.29) is 11.8 Å². The molecule has 2 rings (SSSR count). The van der Waals surface area contributed by atoms with E-state index in [1.165, 1.54) is 11.3 Å². The average Bonchev–Trinajstić information content (AvgIpc) is 2.86. The Balaban J connectivity index is 1.85. The number of hydrogen-bond donors (Lipinski definition) is 2. The monoisotopic (exact) mass is 396 g/mol. The number of hydrogen-bond acceptors (Lipinski definition) is 4. The largest absolute Gasteiger partial charge is 0.355 e. The summed E-state index contributed by atoms with van der Waals surface area (Å²) in [7, 11) is 1.59. The Labute approximate surface area is 161 Å². The second-order valence-corrected chi connectivity index (χ2v) is 8.35. The van der Waals surface area contributed by atoms with Crippen molar-refractivity contribution in [1.82, 2.24) is 5.32 Å². The maximum Gasteiger partial charge on any atom is 0.254 e. The number of thiophene rings is 1. The number of halogens is 1. The van der Waals surface area contributed by atoms with Crippen LogP contribution in [0, 0.1) is 13.8 Å². The van der Waals surface area contributed by atoms with Crippen molar-refractivity contribution in [3.63, 3.8) is 0 Å². The molecule has 0 atom stereocenters. The van der Waals surface area contributed by atoms with Crippen LogP contribution in [0.15, 0.2) is 29.2 Å². The zero-order valence-corrected chi connectivity index (χ0v) is 16.8. The summed E-state index contributed by atoms with van der Waals surface area (Å²) in [5, 5.41) is 6.86. The normalized spacial score (nSPS) is 10.6. The second kappa shape index (κ2) is 9.27. The molecule has 7 heteroatoms. The predicted molar refractivity (Wildman–Crippen MR) is 107 cm³/mol. The highest BCUT2D eigenvalue weighted by Gasteiger charge is 2.19. The average molecular weight is 397 g/mol. The topological polar surface area (TPSA) is 58.2 Å². The molecule has 0 unspecified atom stereocenters. The van der Waals surface area contributed by atoms with Crippen LogP contribution in [0.4, 0.5) is 5.00 Å². The maximum absolute atomic E-state index is 12.2. The molecule has 0 saturated heterocycles. The minimum absolute atomic E-state index is 0.0666. The third-order valence-corrected chi connectivity index (χ3v) is 6.20. The number of aryl methyl sites for hydroxylation is 1. The zero-order valence-electron chi connectivity index (χ0n) is 14.4. The van der Waals surface area contributed by atoms with E-state index in [0.717, 1.165) is 32.5 Å². The van der Waals surface area contributed by atoms with Gasteiger partial charge in [0.1, 0.15) is 5.00 Å². The van der Waals surface area contributed by atoms with Crippen LogP contribution in [-0.2, 0) is 4.79 Å². The van der Waals surface area contributed by atoms with Gasteiger partial charge in [-0.2, -0.15) is 0 Å². The van der Waals surface area contributed by atoms with Gasteiger partial charge in [0.25, 0.3) is 5.91 Å². The van der Waals surface area contributed by atoms with Crippen LogP contribution in [-0.4, -0.2) is 24.6 Å². The highest BCUT2D eigenvalue weighted by molar-refractivity contribution is 7.99. The summed E-state index contributed by atoms with van der Waals surface area (Å²) in [4.78, 5) is 26.4. The van der Waals surface area contributed by atoms with Crippen molar-refractivity contribution in [2.75, 3.05) is 18.1 Å². The Morgan fingerprint density at radius 3 is 2.52 bits per heavy atom. The predicted octanol–water partition coefficient (Wildman–Crippen LogP) is 4.89. The highest BCUT2D eigenvalue weighted by Crippen LogP contribution is 2.32. The third-order valence-electron chi connectivity index (χ3n) is 3.72. The Hall–Kier alpha value is -1.50. The van der Waals surface area contributed by atoms with Gasteiger partial charge in [0.2, 0.25) is 5.91 Å². The highest BCUT2D eigenvalue weighted by atomic mass is 35.5. The SMILES string of the molecule is CNC(=O)c1c(NC(=O)CCCSc2ccc(Cl)cc2)sc(C)c1C. The van der Waals surface area contributed by atoms with E-state index >= 15 is 0 Å². The molecule has 4 nitrogen and oxygen atoms in total. The third kappa shape index (κ3) is 5.49. The molecule has 0 aliphatic carbocycles. The Kier molecular flexibility index (Phi) is 7.35. The van der Waals surface area contributed by atoms with Gasteiger partial charge in [-0.1, -0.05) is 11.6 Å². The molecule has 0 radical (unpaired) electrons. The summed E-state index contributed by atoms with van der Waals surface area (Å²) in [5.74, 6) is 0.610. The van der Waals surface area contributed by atoms with Crippen molar-refractivity contribution in [2.45, 2.75) is 31.6 Å². The molecule has 2 amide bonds. The van der Waals surface area contributed by atoms with Crippen LogP contribution in [0.25, 0.3) is 0 Å². The van der Waals surface area contributed by atoms with E-state index in [9.17, 15) is 9.59 Å². The lowest BCUT2D eigenvalue weighted by Crippen LogP contribution is -2.21. The smallest absolute Gasteiger partial charge is 0.254 e. The number of rotatable bonds is 7. The first-order chi connectivity index (χ1) is 11.9. The molecule has 2 aromatic rings. The van der Waals surface area contributed by atoms with Gasteiger partial charge in [0, 0.05) is 28.3 Å². The van der Waals surface area contributed by atoms with Crippen molar-refractivity contribution < 1.29 is 9.59 Å². The molecular weight excluding hydrogens is 376 g/mol. The Morgan fingerprint density at radius 1 is 1.20 bits per heavy atom. The molecule has 0 saturated carbocycles. The number of amides is 2. The van der Waals surface area contributed by atoms with Crippen LogP contribution in [0.1, 0.15) is 33.6 Å². The van der Waals surface area contributed by atoms with E-state index in [1.54, 1.807) is 18.8 Å². The van der Waals surface area contributed by atoms with E-state index < -0.39 is 0 Å². The van der Waals surface area contributed by atoms with Gasteiger partial charge >= 0.3 is 0 Å². The van der Waals surface area contributed by atoms with Gasteiger partial charge in [0.05, 0.1) is 5.56 Å². The van der Waals surface area contributed by atoms with Crippen molar-refractivity contribution >= 4 is 51.5 Å². The zero-order chi connectivity index (χ0) is 18.4. The van der Waals surface area contributed by atoms with Gasteiger partial charge in [-0.25, -0.2) is 0 Å².